The Morgan fingerprint density at radius 1 is 1.12 bits per heavy atom. The topological polar surface area (TPSA) is 55.7 Å². The Kier molecular flexibility index (Phi) is 5.86. The van der Waals surface area contributed by atoms with Crippen molar-refractivity contribution in [3.05, 3.63) is 70.2 Å². The van der Waals surface area contributed by atoms with Crippen LogP contribution in [0.15, 0.2) is 52.9 Å². The van der Waals surface area contributed by atoms with Gasteiger partial charge in [0.2, 0.25) is 5.13 Å². The van der Waals surface area contributed by atoms with Gasteiger partial charge in [0, 0.05) is 5.38 Å². The standard InChI is InChI=1S/C20H21N3O2S/c1-14-4-6-16(7-5-14)12-25-18-9-8-17(10-19(18)24-3)11-21-23-20-22-15(2)13-26-20/h4-11,13H,12H2,1-3H3,(H,22,23)/b21-11-. The minimum absolute atomic E-state index is 0.495. The van der Waals surface area contributed by atoms with Crippen LogP contribution in [0.4, 0.5) is 5.13 Å². The van der Waals surface area contributed by atoms with Crippen molar-refractivity contribution in [2.45, 2.75) is 20.5 Å². The average Bonchev–Trinajstić information content (AvgIpc) is 3.07. The van der Waals surface area contributed by atoms with Crippen LogP contribution in [0.2, 0.25) is 0 Å². The van der Waals surface area contributed by atoms with E-state index >= 15 is 0 Å². The van der Waals surface area contributed by atoms with Crippen LogP contribution in [-0.4, -0.2) is 18.3 Å². The monoisotopic (exact) mass is 367 g/mol. The molecule has 0 spiro atoms. The molecular formula is C20H21N3O2S. The fraction of sp³-hybridized carbons (Fsp3) is 0.200. The van der Waals surface area contributed by atoms with E-state index in [0.29, 0.717) is 18.1 Å². The third kappa shape index (κ3) is 4.83. The van der Waals surface area contributed by atoms with E-state index < -0.39 is 0 Å². The van der Waals surface area contributed by atoms with Gasteiger partial charge in [-0.2, -0.15) is 5.10 Å². The van der Waals surface area contributed by atoms with Gasteiger partial charge in [0.15, 0.2) is 11.5 Å². The zero-order valence-corrected chi connectivity index (χ0v) is 15.8. The summed E-state index contributed by atoms with van der Waals surface area (Å²) >= 11 is 1.52. The molecule has 0 radical (unpaired) electrons. The quantitative estimate of drug-likeness (QED) is 0.482. The van der Waals surface area contributed by atoms with E-state index in [1.807, 2.05) is 30.5 Å². The van der Waals surface area contributed by atoms with Gasteiger partial charge >= 0.3 is 0 Å². The predicted octanol–water partition coefficient (Wildman–Crippen LogP) is 4.79. The Morgan fingerprint density at radius 2 is 1.92 bits per heavy atom. The molecule has 0 saturated carbocycles. The highest BCUT2D eigenvalue weighted by Crippen LogP contribution is 2.28. The smallest absolute Gasteiger partial charge is 0.203 e. The number of nitrogens with zero attached hydrogens (tertiary/aromatic N) is 2. The molecule has 0 aliphatic rings. The van der Waals surface area contributed by atoms with Gasteiger partial charge in [-0.25, -0.2) is 4.98 Å². The second-order valence-electron chi connectivity index (χ2n) is 5.85. The summed E-state index contributed by atoms with van der Waals surface area (Å²) in [7, 11) is 1.63. The van der Waals surface area contributed by atoms with Crippen LogP contribution in [0, 0.1) is 13.8 Å². The summed E-state index contributed by atoms with van der Waals surface area (Å²) in [6, 6.07) is 14.0. The van der Waals surface area contributed by atoms with Gasteiger partial charge < -0.3 is 9.47 Å². The Bertz CT molecular complexity index is 888. The fourth-order valence-corrected chi connectivity index (χ4v) is 2.93. The normalized spacial score (nSPS) is 10.9. The first-order valence-electron chi connectivity index (χ1n) is 8.21. The van der Waals surface area contributed by atoms with Crippen molar-refractivity contribution < 1.29 is 9.47 Å². The summed E-state index contributed by atoms with van der Waals surface area (Å²) in [6.45, 7) is 4.51. The molecule has 134 valence electrons. The maximum absolute atomic E-state index is 5.89. The van der Waals surface area contributed by atoms with Gasteiger partial charge in [0.05, 0.1) is 19.0 Å². The van der Waals surface area contributed by atoms with Crippen molar-refractivity contribution in [2.75, 3.05) is 12.5 Å². The molecule has 26 heavy (non-hydrogen) atoms. The second-order valence-corrected chi connectivity index (χ2v) is 6.71. The Labute approximate surface area is 157 Å². The molecule has 0 aliphatic heterocycles. The highest BCUT2D eigenvalue weighted by atomic mass is 32.1. The van der Waals surface area contributed by atoms with Crippen molar-refractivity contribution in [3.63, 3.8) is 0 Å². The van der Waals surface area contributed by atoms with Crippen LogP contribution in [0.3, 0.4) is 0 Å². The molecule has 2 aromatic carbocycles. The number of anilines is 1. The molecule has 3 rings (SSSR count). The summed E-state index contributed by atoms with van der Waals surface area (Å²) in [5, 5.41) is 6.95. The Balaban J connectivity index is 1.63. The molecule has 1 aromatic heterocycles. The van der Waals surface area contributed by atoms with E-state index in [4.69, 9.17) is 9.47 Å². The number of nitrogens with one attached hydrogen (secondary N) is 1. The zero-order chi connectivity index (χ0) is 18.4. The molecule has 0 atom stereocenters. The number of ether oxygens (including phenoxy) is 2. The number of benzene rings is 2. The highest BCUT2D eigenvalue weighted by Gasteiger charge is 2.06. The first-order valence-corrected chi connectivity index (χ1v) is 9.09. The maximum atomic E-state index is 5.89. The van der Waals surface area contributed by atoms with Crippen LogP contribution in [-0.2, 0) is 6.61 Å². The van der Waals surface area contributed by atoms with E-state index in [2.05, 4.69) is 46.7 Å². The largest absolute Gasteiger partial charge is 0.493 e. The van der Waals surface area contributed by atoms with Crippen LogP contribution in [0.1, 0.15) is 22.4 Å². The van der Waals surface area contributed by atoms with E-state index in [1.54, 1.807) is 13.3 Å². The lowest BCUT2D eigenvalue weighted by molar-refractivity contribution is 0.284. The fourth-order valence-electron chi connectivity index (χ4n) is 2.30. The molecule has 1 N–H and O–H groups in total. The van der Waals surface area contributed by atoms with Crippen molar-refractivity contribution in [2.24, 2.45) is 5.10 Å². The summed E-state index contributed by atoms with van der Waals surface area (Å²) < 4.78 is 11.3. The number of thiazole rings is 1. The number of aryl methyl sites for hydroxylation is 2. The number of methoxy groups -OCH3 is 1. The minimum Gasteiger partial charge on any atom is -0.493 e. The van der Waals surface area contributed by atoms with Crippen molar-refractivity contribution >= 4 is 22.7 Å². The summed E-state index contributed by atoms with van der Waals surface area (Å²) in [5.41, 5.74) is 7.16. The Hall–Kier alpha value is -2.86. The molecule has 0 bridgehead atoms. The second kappa shape index (κ2) is 8.49. The molecule has 1 heterocycles. The molecule has 5 nitrogen and oxygen atoms in total. The van der Waals surface area contributed by atoms with Crippen LogP contribution in [0.25, 0.3) is 0 Å². The van der Waals surface area contributed by atoms with Crippen molar-refractivity contribution in [1.29, 1.82) is 0 Å². The first kappa shape index (κ1) is 17.9. The number of aromatic nitrogens is 1. The molecule has 0 unspecified atom stereocenters. The van der Waals surface area contributed by atoms with Gasteiger partial charge in [0.1, 0.15) is 6.61 Å². The van der Waals surface area contributed by atoms with Crippen LogP contribution >= 0.6 is 11.3 Å². The van der Waals surface area contributed by atoms with Crippen molar-refractivity contribution in [1.82, 2.24) is 4.98 Å². The van der Waals surface area contributed by atoms with E-state index in [1.165, 1.54) is 16.9 Å². The van der Waals surface area contributed by atoms with E-state index in [9.17, 15) is 0 Å². The van der Waals surface area contributed by atoms with Gasteiger partial charge in [-0.15, -0.1) is 11.3 Å². The number of rotatable bonds is 7. The Morgan fingerprint density at radius 3 is 2.62 bits per heavy atom. The lowest BCUT2D eigenvalue weighted by Gasteiger charge is -2.11. The van der Waals surface area contributed by atoms with Crippen LogP contribution < -0.4 is 14.9 Å². The number of hydrogen-bond donors (Lipinski definition) is 1. The SMILES string of the molecule is COc1cc(/C=N\Nc2nc(C)cs2)ccc1OCc1ccc(C)cc1. The lowest BCUT2D eigenvalue weighted by atomic mass is 10.2. The zero-order valence-electron chi connectivity index (χ0n) is 15.0. The van der Waals surface area contributed by atoms with Gasteiger partial charge in [-0.3, -0.25) is 5.43 Å². The predicted molar refractivity (Wildman–Crippen MR) is 107 cm³/mol. The van der Waals surface area contributed by atoms with E-state index in [0.717, 1.165) is 22.0 Å². The maximum Gasteiger partial charge on any atom is 0.203 e. The third-order valence-electron chi connectivity index (χ3n) is 3.70. The number of hydrazone groups is 1. The molecule has 0 amide bonds. The third-order valence-corrected chi connectivity index (χ3v) is 4.56. The lowest BCUT2D eigenvalue weighted by Crippen LogP contribution is -1.98. The molecule has 0 fully saturated rings. The van der Waals surface area contributed by atoms with E-state index in [-0.39, 0.29) is 0 Å². The van der Waals surface area contributed by atoms with Gasteiger partial charge in [0.25, 0.3) is 0 Å². The average molecular weight is 367 g/mol. The number of hydrogen-bond acceptors (Lipinski definition) is 6. The molecule has 3 aromatic rings. The molecule has 0 saturated heterocycles. The summed E-state index contributed by atoms with van der Waals surface area (Å²) in [5.74, 6) is 1.37. The van der Waals surface area contributed by atoms with Crippen LogP contribution in [0.5, 0.6) is 11.5 Å². The summed E-state index contributed by atoms with van der Waals surface area (Å²) in [6.07, 6.45) is 1.73. The summed E-state index contributed by atoms with van der Waals surface area (Å²) in [4.78, 5) is 4.30. The van der Waals surface area contributed by atoms with Gasteiger partial charge in [-0.1, -0.05) is 29.8 Å². The first-order chi connectivity index (χ1) is 12.6. The molecule has 6 heteroatoms. The molecule has 0 aliphatic carbocycles. The molecular weight excluding hydrogens is 346 g/mol. The van der Waals surface area contributed by atoms with Crippen molar-refractivity contribution in [3.8, 4) is 11.5 Å². The van der Waals surface area contributed by atoms with Gasteiger partial charge in [-0.05, 0) is 43.2 Å². The highest BCUT2D eigenvalue weighted by molar-refractivity contribution is 7.13. The minimum atomic E-state index is 0.495.